The average Bonchev–Trinajstić information content (AvgIpc) is 2.25. The van der Waals surface area contributed by atoms with Crippen LogP contribution in [-0.2, 0) is 6.42 Å². The maximum atomic E-state index is 9.39. The van der Waals surface area contributed by atoms with Crippen molar-refractivity contribution in [1.82, 2.24) is 5.32 Å². The molecule has 2 N–H and O–H groups in total. The number of nitrogens with one attached hydrogen (secondary N) is 1. The van der Waals surface area contributed by atoms with Gasteiger partial charge in [-0.2, -0.15) is 0 Å². The summed E-state index contributed by atoms with van der Waals surface area (Å²) in [5.74, 6) is 1.07. The molecule has 1 aliphatic rings. The number of halogens is 1. The van der Waals surface area contributed by atoms with Crippen LogP contribution in [-0.4, -0.2) is 18.2 Å². The van der Waals surface area contributed by atoms with E-state index < -0.39 is 0 Å². The van der Waals surface area contributed by atoms with E-state index in [-0.39, 0.29) is 0 Å². The summed E-state index contributed by atoms with van der Waals surface area (Å²) in [4.78, 5) is 0. The molecule has 2 nitrogen and oxygen atoms in total. The minimum atomic E-state index is 0.320. The highest BCUT2D eigenvalue weighted by molar-refractivity contribution is 9.10. The summed E-state index contributed by atoms with van der Waals surface area (Å²) in [5.41, 5.74) is 1.30. The summed E-state index contributed by atoms with van der Waals surface area (Å²) in [5, 5.41) is 12.8. The van der Waals surface area contributed by atoms with E-state index in [9.17, 15) is 5.11 Å². The Bertz CT molecular complexity index is 334. The Hall–Kier alpha value is -0.540. The van der Waals surface area contributed by atoms with Crippen molar-refractivity contribution in [2.24, 2.45) is 5.92 Å². The van der Waals surface area contributed by atoms with Crippen LogP contribution in [0.1, 0.15) is 18.4 Å². The number of aromatic hydroxyl groups is 1. The Morgan fingerprint density at radius 2 is 2.33 bits per heavy atom. The summed E-state index contributed by atoms with van der Waals surface area (Å²) < 4.78 is 0.795. The van der Waals surface area contributed by atoms with Gasteiger partial charge in [0.05, 0.1) is 4.47 Å². The zero-order chi connectivity index (χ0) is 10.7. The molecule has 0 bridgehead atoms. The molecule has 0 aliphatic carbocycles. The minimum Gasteiger partial charge on any atom is -0.507 e. The molecule has 2 rings (SSSR count). The first-order valence-electron chi connectivity index (χ1n) is 5.44. The van der Waals surface area contributed by atoms with Crippen molar-refractivity contribution in [3.8, 4) is 5.75 Å². The fraction of sp³-hybridized carbons (Fsp3) is 0.500. The van der Waals surface area contributed by atoms with Gasteiger partial charge in [-0.3, -0.25) is 0 Å². The first kappa shape index (κ1) is 11.0. The van der Waals surface area contributed by atoms with Crippen molar-refractivity contribution < 1.29 is 5.11 Å². The largest absolute Gasteiger partial charge is 0.507 e. The lowest BCUT2D eigenvalue weighted by molar-refractivity contribution is 0.376. The third-order valence-corrected chi connectivity index (χ3v) is 3.57. The molecule has 1 fully saturated rings. The standard InChI is InChI=1S/C12H16BrNO/c13-11-7-9(3-4-12(11)15)6-10-2-1-5-14-8-10/h3-4,7,10,14-15H,1-2,5-6,8H2. The zero-order valence-electron chi connectivity index (χ0n) is 8.67. The second-order valence-corrected chi connectivity index (χ2v) is 5.06. The van der Waals surface area contributed by atoms with Gasteiger partial charge in [0.15, 0.2) is 0 Å². The van der Waals surface area contributed by atoms with Crippen LogP contribution >= 0.6 is 15.9 Å². The maximum Gasteiger partial charge on any atom is 0.129 e. The summed E-state index contributed by atoms with van der Waals surface area (Å²) in [6, 6.07) is 5.79. The molecule has 1 heterocycles. The third-order valence-electron chi connectivity index (χ3n) is 2.94. The predicted octanol–water partition coefficient (Wildman–Crippen LogP) is 2.70. The van der Waals surface area contributed by atoms with E-state index in [0.717, 1.165) is 29.9 Å². The highest BCUT2D eigenvalue weighted by Gasteiger charge is 2.13. The smallest absolute Gasteiger partial charge is 0.129 e. The average molecular weight is 270 g/mol. The van der Waals surface area contributed by atoms with Crippen LogP contribution in [0.4, 0.5) is 0 Å². The normalized spacial score (nSPS) is 21.5. The lowest BCUT2D eigenvalue weighted by Gasteiger charge is -2.22. The number of rotatable bonds is 2. The number of phenols is 1. The third kappa shape index (κ3) is 2.95. The molecule has 3 heteroatoms. The molecule has 0 saturated carbocycles. The maximum absolute atomic E-state index is 9.39. The van der Waals surface area contributed by atoms with Gasteiger partial charge >= 0.3 is 0 Å². The topological polar surface area (TPSA) is 32.3 Å². The van der Waals surface area contributed by atoms with Gasteiger partial charge in [0.2, 0.25) is 0 Å². The number of hydrogen-bond acceptors (Lipinski definition) is 2. The number of piperidine rings is 1. The van der Waals surface area contributed by atoms with Crippen molar-refractivity contribution in [3.63, 3.8) is 0 Å². The summed E-state index contributed by atoms with van der Waals surface area (Å²) in [6.45, 7) is 2.29. The SMILES string of the molecule is Oc1ccc(CC2CCCNC2)cc1Br. The molecule has 1 atom stereocenters. The Morgan fingerprint density at radius 3 is 3.00 bits per heavy atom. The second kappa shape index (κ2) is 4.99. The fourth-order valence-electron chi connectivity index (χ4n) is 2.11. The van der Waals surface area contributed by atoms with E-state index in [4.69, 9.17) is 0 Å². The summed E-state index contributed by atoms with van der Waals surface area (Å²) in [6.07, 6.45) is 3.70. The van der Waals surface area contributed by atoms with Gasteiger partial charge in [0, 0.05) is 0 Å². The van der Waals surface area contributed by atoms with Gasteiger partial charge < -0.3 is 10.4 Å². The first-order chi connectivity index (χ1) is 7.25. The lowest BCUT2D eigenvalue weighted by atomic mass is 9.92. The molecule has 1 saturated heterocycles. The summed E-state index contributed by atoms with van der Waals surface area (Å²) in [7, 11) is 0. The lowest BCUT2D eigenvalue weighted by Crippen LogP contribution is -2.30. The quantitative estimate of drug-likeness (QED) is 0.866. The van der Waals surface area contributed by atoms with Crippen LogP contribution in [0.5, 0.6) is 5.75 Å². The zero-order valence-corrected chi connectivity index (χ0v) is 10.3. The van der Waals surface area contributed by atoms with Crippen LogP contribution in [0.15, 0.2) is 22.7 Å². The molecular formula is C12H16BrNO. The summed E-state index contributed by atoms with van der Waals surface area (Å²) >= 11 is 3.35. The van der Waals surface area contributed by atoms with Gasteiger partial charge in [-0.25, -0.2) is 0 Å². The molecule has 1 aromatic rings. The van der Waals surface area contributed by atoms with Gasteiger partial charge in [-0.15, -0.1) is 0 Å². The van der Waals surface area contributed by atoms with E-state index >= 15 is 0 Å². The van der Waals surface area contributed by atoms with Gasteiger partial charge in [0.1, 0.15) is 5.75 Å². The van der Waals surface area contributed by atoms with Crippen molar-refractivity contribution in [2.75, 3.05) is 13.1 Å². The van der Waals surface area contributed by atoms with Crippen LogP contribution < -0.4 is 5.32 Å². The van der Waals surface area contributed by atoms with E-state index in [0.29, 0.717) is 5.75 Å². The second-order valence-electron chi connectivity index (χ2n) is 4.20. The number of hydrogen-bond donors (Lipinski definition) is 2. The van der Waals surface area contributed by atoms with E-state index in [1.165, 1.54) is 18.4 Å². The Kier molecular flexibility index (Phi) is 3.65. The van der Waals surface area contributed by atoms with Gasteiger partial charge in [-0.05, 0) is 71.9 Å². The number of benzene rings is 1. The van der Waals surface area contributed by atoms with Gasteiger partial charge in [-0.1, -0.05) is 6.07 Å². The van der Waals surface area contributed by atoms with Crippen molar-refractivity contribution in [3.05, 3.63) is 28.2 Å². The van der Waals surface area contributed by atoms with E-state index in [2.05, 4.69) is 21.2 Å². The van der Waals surface area contributed by atoms with Crippen LogP contribution in [0, 0.1) is 5.92 Å². The molecule has 1 aliphatic heterocycles. The van der Waals surface area contributed by atoms with Crippen LogP contribution in [0.3, 0.4) is 0 Å². The molecule has 0 aromatic heterocycles. The Balaban J connectivity index is 2.00. The highest BCUT2D eigenvalue weighted by atomic mass is 79.9. The molecule has 15 heavy (non-hydrogen) atoms. The molecule has 0 spiro atoms. The first-order valence-corrected chi connectivity index (χ1v) is 6.23. The van der Waals surface area contributed by atoms with Crippen LogP contribution in [0.2, 0.25) is 0 Å². The predicted molar refractivity (Wildman–Crippen MR) is 65.1 cm³/mol. The van der Waals surface area contributed by atoms with Gasteiger partial charge in [0.25, 0.3) is 0 Å². The highest BCUT2D eigenvalue weighted by Crippen LogP contribution is 2.26. The Labute approximate surface area is 98.8 Å². The fourth-order valence-corrected chi connectivity index (χ4v) is 2.54. The monoisotopic (exact) mass is 269 g/mol. The van der Waals surface area contributed by atoms with Crippen molar-refractivity contribution in [2.45, 2.75) is 19.3 Å². The molecule has 0 amide bonds. The number of phenolic OH excluding ortho intramolecular Hbond substituents is 1. The molecule has 82 valence electrons. The Morgan fingerprint density at radius 1 is 1.47 bits per heavy atom. The molecule has 1 unspecified atom stereocenters. The van der Waals surface area contributed by atoms with E-state index in [1.807, 2.05) is 12.1 Å². The minimum absolute atomic E-state index is 0.320. The molecule has 1 aromatic carbocycles. The molecular weight excluding hydrogens is 254 g/mol. The van der Waals surface area contributed by atoms with Crippen molar-refractivity contribution in [1.29, 1.82) is 0 Å². The van der Waals surface area contributed by atoms with Crippen LogP contribution in [0.25, 0.3) is 0 Å². The van der Waals surface area contributed by atoms with E-state index in [1.54, 1.807) is 6.07 Å². The van der Waals surface area contributed by atoms with Crippen molar-refractivity contribution >= 4 is 15.9 Å². The molecule has 0 radical (unpaired) electrons.